The number of hydrogen-bond donors (Lipinski definition) is 1. The number of nitrogens with zero attached hydrogens (tertiary/aromatic N) is 3. The van der Waals surface area contributed by atoms with Crippen molar-refractivity contribution in [3.63, 3.8) is 0 Å². The SMILES string of the molecule is CSc1nc2n(n1)C(C)CC(=O)N2. The highest BCUT2D eigenvalue weighted by molar-refractivity contribution is 7.98. The van der Waals surface area contributed by atoms with Crippen LogP contribution in [0.4, 0.5) is 5.95 Å². The fourth-order valence-electron chi connectivity index (χ4n) is 1.31. The molecule has 13 heavy (non-hydrogen) atoms. The van der Waals surface area contributed by atoms with E-state index >= 15 is 0 Å². The number of aromatic nitrogens is 3. The molecule has 1 N–H and O–H groups in total. The Morgan fingerprint density at radius 1 is 1.69 bits per heavy atom. The lowest BCUT2D eigenvalue weighted by Gasteiger charge is -2.18. The third-order valence-electron chi connectivity index (χ3n) is 1.94. The number of anilines is 1. The molecular formula is C7H10N4OS. The van der Waals surface area contributed by atoms with Crippen LogP contribution in [0.15, 0.2) is 5.16 Å². The molecule has 1 aliphatic heterocycles. The summed E-state index contributed by atoms with van der Waals surface area (Å²) in [6.45, 7) is 1.96. The van der Waals surface area contributed by atoms with E-state index in [2.05, 4.69) is 15.4 Å². The number of amides is 1. The molecule has 1 amide bonds. The Bertz CT molecular complexity index is 348. The topological polar surface area (TPSA) is 59.8 Å². The van der Waals surface area contributed by atoms with Crippen LogP contribution >= 0.6 is 11.8 Å². The molecule has 0 saturated heterocycles. The molecule has 0 bridgehead atoms. The molecule has 1 aromatic heterocycles. The third kappa shape index (κ3) is 1.41. The molecule has 0 aliphatic carbocycles. The summed E-state index contributed by atoms with van der Waals surface area (Å²) in [7, 11) is 0. The van der Waals surface area contributed by atoms with E-state index in [0.29, 0.717) is 17.5 Å². The van der Waals surface area contributed by atoms with Gasteiger partial charge in [-0.15, -0.1) is 5.10 Å². The third-order valence-corrected chi connectivity index (χ3v) is 2.48. The van der Waals surface area contributed by atoms with Crippen molar-refractivity contribution in [3.05, 3.63) is 0 Å². The van der Waals surface area contributed by atoms with Gasteiger partial charge in [0, 0.05) is 6.42 Å². The molecule has 2 rings (SSSR count). The molecule has 1 aliphatic rings. The zero-order valence-corrected chi connectivity index (χ0v) is 8.26. The van der Waals surface area contributed by atoms with Gasteiger partial charge in [-0.05, 0) is 13.2 Å². The highest BCUT2D eigenvalue weighted by atomic mass is 32.2. The quantitative estimate of drug-likeness (QED) is 0.681. The molecular weight excluding hydrogens is 188 g/mol. The van der Waals surface area contributed by atoms with Gasteiger partial charge in [-0.1, -0.05) is 11.8 Å². The van der Waals surface area contributed by atoms with E-state index in [4.69, 9.17) is 0 Å². The molecule has 1 atom stereocenters. The number of carbonyl (C=O) groups is 1. The summed E-state index contributed by atoms with van der Waals surface area (Å²) < 4.78 is 1.76. The zero-order chi connectivity index (χ0) is 9.42. The number of carbonyl (C=O) groups excluding carboxylic acids is 1. The van der Waals surface area contributed by atoms with E-state index in [1.807, 2.05) is 13.2 Å². The van der Waals surface area contributed by atoms with E-state index in [-0.39, 0.29) is 11.9 Å². The lowest BCUT2D eigenvalue weighted by molar-refractivity contribution is -0.117. The van der Waals surface area contributed by atoms with E-state index in [9.17, 15) is 4.79 Å². The molecule has 0 aromatic carbocycles. The minimum atomic E-state index is 0.0139. The summed E-state index contributed by atoms with van der Waals surface area (Å²) in [6, 6.07) is 0.108. The van der Waals surface area contributed by atoms with Crippen LogP contribution in [0.2, 0.25) is 0 Å². The maximum atomic E-state index is 11.1. The van der Waals surface area contributed by atoms with Gasteiger partial charge in [0.25, 0.3) is 0 Å². The highest BCUT2D eigenvalue weighted by Gasteiger charge is 2.24. The van der Waals surface area contributed by atoms with Crippen molar-refractivity contribution in [3.8, 4) is 0 Å². The van der Waals surface area contributed by atoms with Gasteiger partial charge < -0.3 is 0 Å². The molecule has 6 heteroatoms. The van der Waals surface area contributed by atoms with Gasteiger partial charge in [-0.2, -0.15) is 4.98 Å². The minimum absolute atomic E-state index is 0.0139. The van der Waals surface area contributed by atoms with Crippen LogP contribution in [0.25, 0.3) is 0 Å². The van der Waals surface area contributed by atoms with Gasteiger partial charge in [0.1, 0.15) is 0 Å². The first-order valence-electron chi connectivity index (χ1n) is 4.01. The second kappa shape index (κ2) is 3.02. The van der Waals surface area contributed by atoms with Gasteiger partial charge in [0.2, 0.25) is 17.0 Å². The van der Waals surface area contributed by atoms with Crippen LogP contribution in [0.1, 0.15) is 19.4 Å². The number of thioether (sulfide) groups is 1. The Morgan fingerprint density at radius 2 is 2.46 bits per heavy atom. The summed E-state index contributed by atoms with van der Waals surface area (Å²) in [4.78, 5) is 15.3. The van der Waals surface area contributed by atoms with Gasteiger partial charge in [0.15, 0.2) is 0 Å². The summed E-state index contributed by atoms with van der Waals surface area (Å²) in [5, 5.41) is 7.62. The first-order chi connectivity index (χ1) is 6.20. The maximum Gasteiger partial charge on any atom is 0.229 e. The molecule has 2 heterocycles. The fourth-order valence-corrected chi connectivity index (χ4v) is 1.66. The van der Waals surface area contributed by atoms with Crippen molar-refractivity contribution < 1.29 is 4.79 Å². The van der Waals surface area contributed by atoms with Crippen LogP contribution in [0.3, 0.4) is 0 Å². The standard InChI is InChI=1S/C7H10N4OS/c1-4-3-5(12)8-6-9-7(13-2)10-11(4)6/h4H,3H2,1-2H3,(H,8,9,10,12). The van der Waals surface area contributed by atoms with Crippen molar-refractivity contribution in [2.75, 3.05) is 11.6 Å². The summed E-state index contributed by atoms with van der Waals surface area (Å²) >= 11 is 1.47. The number of nitrogens with one attached hydrogen (secondary N) is 1. The Labute approximate surface area is 79.9 Å². The predicted octanol–water partition coefficient (Wildman–Crippen LogP) is 0.903. The van der Waals surface area contributed by atoms with E-state index in [1.165, 1.54) is 11.8 Å². The van der Waals surface area contributed by atoms with Gasteiger partial charge in [-0.3, -0.25) is 10.1 Å². The molecule has 0 fully saturated rings. The fraction of sp³-hybridized carbons (Fsp3) is 0.571. The van der Waals surface area contributed by atoms with Crippen LogP contribution < -0.4 is 5.32 Å². The Balaban J connectivity index is 2.40. The minimum Gasteiger partial charge on any atom is -0.295 e. The van der Waals surface area contributed by atoms with Crippen molar-refractivity contribution in [2.24, 2.45) is 0 Å². The van der Waals surface area contributed by atoms with Crippen molar-refractivity contribution in [1.82, 2.24) is 14.8 Å². The first kappa shape index (κ1) is 8.55. The van der Waals surface area contributed by atoms with Gasteiger partial charge in [-0.25, -0.2) is 4.68 Å². The first-order valence-corrected chi connectivity index (χ1v) is 5.23. The normalized spacial score (nSPS) is 21.1. The number of rotatable bonds is 1. The Morgan fingerprint density at radius 3 is 3.15 bits per heavy atom. The molecule has 0 radical (unpaired) electrons. The highest BCUT2D eigenvalue weighted by Crippen LogP contribution is 2.23. The molecule has 1 unspecified atom stereocenters. The molecule has 0 spiro atoms. The zero-order valence-electron chi connectivity index (χ0n) is 7.44. The second-order valence-electron chi connectivity index (χ2n) is 2.97. The maximum absolute atomic E-state index is 11.1. The smallest absolute Gasteiger partial charge is 0.229 e. The van der Waals surface area contributed by atoms with Gasteiger partial charge in [0.05, 0.1) is 6.04 Å². The average Bonchev–Trinajstić information content (AvgIpc) is 2.47. The van der Waals surface area contributed by atoms with E-state index < -0.39 is 0 Å². The van der Waals surface area contributed by atoms with E-state index in [0.717, 1.165) is 0 Å². The average molecular weight is 198 g/mol. The largest absolute Gasteiger partial charge is 0.295 e. The number of fused-ring (bicyclic) bond motifs is 1. The van der Waals surface area contributed by atoms with Crippen LogP contribution in [0.5, 0.6) is 0 Å². The monoisotopic (exact) mass is 198 g/mol. The van der Waals surface area contributed by atoms with Crippen molar-refractivity contribution in [1.29, 1.82) is 0 Å². The van der Waals surface area contributed by atoms with Gasteiger partial charge >= 0.3 is 0 Å². The predicted molar refractivity (Wildman–Crippen MR) is 49.8 cm³/mol. The lowest BCUT2D eigenvalue weighted by Crippen LogP contribution is -2.26. The molecule has 0 saturated carbocycles. The van der Waals surface area contributed by atoms with Crippen LogP contribution in [-0.4, -0.2) is 26.9 Å². The van der Waals surface area contributed by atoms with Crippen LogP contribution in [-0.2, 0) is 4.79 Å². The summed E-state index contributed by atoms with van der Waals surface area (Å²) in [5.74, 6) is 0.577. The van der Waals surface area contributed by atoms with E-state index in [1.54, 1.807) is 4.68 Å². The van der Waals surface area contributed by atoms with Crippen LogP contribution in [0, 0.1) is 0 Å². The Hall–Kier alpha value is -1.04. The van der Waals surface area contributed by atoms with Crippen molar-refractivity contribution >= 4 is 23.6 Å². The second-order valence-corrected chi connectivity index (χ2v) is 3.74. The molecule has 5 nitrogen and oxygen atoms in total. The number of hydrogen-bond acceptors (Lipinski definition) is 4. The Kier molecular flexibility index (Phi) is 1.99. The lowest BCUT2D eigenvalue weighted by atomic mass is 10.2. The molecule has 70 valence electrons. The summed E-state index contributed by atoms with van der Waals surface area (Å²) in [5.41, 5.74) is 0. The summed E-state index contributed by atoms with van der Waals surface area (Å²) in [6.07, 6.45) is 2.39. The molecule has 1 aromatic rings. The van der Waals surface area contributed by atoms with Crippen molar-refractivity contribution in [2.45, 2.75) is 24.5 Å².